The van der Waals surface area contributed by atoms with E-state index >= 15 is 0 Å². The van der Waals surface area contributed by atoms with Crippen molar-refractivity contribution in [3.05, 3.63) is 30.3 Å². The lowest BCUT2D eigenvalue weighted by atomic mass is 10.3. The third kappa shape index (κ3) is 3.64. The summed E-state index contributed by atoms with van der Waals surface area (Å²) in [7, 11) is 0. The van der Waals surface area contributed by atoms with Gasteiger partial charge in [-0.1, -0.05) is 18.2 Å². The van der Waals surface area contributed by atoms with Crippen LogP contribution >= 0.6 is 25.0 Å². The van der Waals surface area contributed by atoms with Gasteiger partial charge in [0.2, 0.25) is 0 Å². The summed E-state index contributed by atoms with van der Waals surface area (Å²) in [5, 5.41) is 0. The van der Waals surface area contributed by atoms with Crippen molar-refractivity contribution in [3.63, 3.8) is 0 Å². The monoisotopic (exact) mass is 202 g/mol. The normalized spacial score (nSPS) is 10.6. The number of para-hydroxylation sites is 1. The van der Waals surface area contributed by atoms with E-state index < -0.39 is 0 Å². The van der Waals surface area contributed by atoms with Gasteiger partial charge in [-0.15, -0.1) is 12.4 Å². The topological polar surface area (TPSA) is 38.4 Å². The van der Waals surface area contributed by atoms with Crippen LogP contribution in [0.3, 0.4) is 0 Å². The SMILES string of the molecule is Cl.NC(CS)=Nc1ccccc1. The Bertz CT molecular complexity index is 248. The first kappa shape index (κ1) is 11.3. The Morgan fingerprint density at radius 3 is 2.42 bits per heavy atom. The average Bonchev–Trinajstić information content (AvgIpc) is 2.06. The number of halogens is 1. The number of benzene rings is 1. The molecule has 0 amide bonds. The second kappa shape index (κ2) is 5.91. The number of hydrogen-bond acceptors (Lipinski definition) is 2. The molecule has 0 radical (unpaired) electrons. The van der Waals surface area contributed by atoms with Gasteiger partial charge in [0.1, 0.15) is 5.84 Å². The highest BCUT2D eigenvalue weighted by Gasteiger charge is 1.87. The van der Waals surface area contributed by atoms with Crippen molar-refractivity contribution in [1.82, 2.24) is 0 Å². The molecule has 12 heavy (non-hydrogen) atoms. The van der Waals surface area contributed by atoms with E-state index in [1.165, 1.54) is 0 Å². The Morgan fingerprint density at radius 1 is 1.33 bits per heavy atom. The van der Waals surface area contributed by atoms with Gasteiger partial charge in [-0.2, -0.15) is 12.6 Å². The molecular formula is C8H11ClN2S. The van der Waals surface area contributed by atoms with Crippen LogP contribution in [0.5, 0.6) is 0 Å². The van der Waals surface area contributed by atoms with E-state index in [1.54, 1.807) is 0 Å². The fraction of sp³-hybridized carbons (Fsp3) is 0.125. The first-order valence-corrected chi connectivity index (χ1v) is 3.95. The van der Waals surface area contributed by atoms with Gasteiger partial charge in [-0.05, 0) is 12.1 Å². The molecule has 0 bridgehead atoms. The standard InChI is InChI=1S/C8H10N2S.ClH/c9-8(6-11)10-7-4-2-1-3-5-7;/h1-5,11H,6H2,(H2,9,10);1H. The van der Waals surface area contributed by atoms with E-state index in [1.807, 2.05) is 30.3 Å². The van der Waals surface area contributed by atoms with Crippen molar-refractivity contribution in [1.29, 1.82) is 0 Å². The molecule has 0 aliphatic heterocycles. The van der Waals surface area contributed by atoms with Crippen molar-refractivity contribution in [3.8, 4) is 0 Å². The molecule has 66 valence electrons. The summed E-state index contributed by atoms with van der Waals surface area (Å²) in [6.45, 7) is 0. The Labute approximate surface area is 83.7 Å². The van der Waals surface area contributed by atoms with Gasteiger partial charge in [0.25, 0.3) is 0 Å². The molecule has 1 aromatic carbocycles. The zero-order chi connectivity index (χ0) is 8.10. The molecule has 0 fully saturated rings. The predicted octanol–water partition coefficient (Wildman–Crippen LogP) is 2.03. The van der Waals surface area contributed by atoms with Crippen LogP contribution in [0, 0.1) is 0 Å². The maximum Gasteiger partial charge on any atom is 0.109 e. The third-order valence-corrected chi connectivity index (χ3v) is 1.51. The Kier molecular flexibility index (Phi) is 5.58. The van der Waals surface area contributed by atoms with Crippen molar-refractivity contribution in [2.75, 3.05) is 5.75 Å². The van der Waals surface area contributed by atoms with Crippen LogP contribution in [0.4, 0.5) is 5.69 Å². The zero-order valence-electron chi connectivity index (χ0n) is 6.47. The summed E-state index contributed by atoms with van der Waals surface area (Å²) < 4.78 is 0. The number of nitrogens with two attached hydrogens (primary N) is 1. The van der Waals surface area contributed by atoms with E-state index in [-0.39, 0.29) is 12.4 Å². The maximum absolute atomic E-state index is 5.48. The highest BCUT2D eigenvalue weighted by molar-refractivity contribution is 7.81. The van der Waals surface area contributed by atoms with Gasteiger partial charge >= 0.3 is 0 Å². The molecule has 2 nitrogen and oxygen atoms in total. The fourth-order valence-electron chi connectivity index (χ4n) is 0.704. The summed E-state index contributed by atoms with van der Waals surface area (Å²) >= 11 is 3.99. The lowest BCUT2D eigenvalue weighted by Crippen LogP contribution is -2.12. The van der Waals surface area contributed by atoms with Gasteiger partial charge in [-0.25, -0.2) is 4.99 Å². The molecule has 0 heterocycles. The Balaban J connectivity index is 0.00000121. The van der Waals surface area contributed by atoms with Crippen LogP contribution in [-0.2, 0) is 0 Å². The summed E-state index contributed by atoms with van der Waals surface area (Å²) in [5.41, 5.74) is 6.35. The first-order valence-electron chi connectivity index (χ1n) is 3.32. The van der Waals surface area contributed by atoms with Crippen molar-refractivity contribution < 1.29 is 0 Å². The first-order chi connectivity index (χ1) is 5.33. The smallest absolute Gasteiger partial charge is 0.109 e. The molecular weight excluding hydrogens is 192 g/mol. The molecule has 0 spiro atoms. The minimum atomic E-state index is 0. The van der Waals surface area contributed by atoms with E-state index in [9.17, 15) is 0 Å². The molecule has 0 aromatic heterocycles. The number of rotatable bonds is 2. The van der Waals surface area contributed by atoms with Crippen molar-refractivity contribution in [2.24, 2.45) is 10.7 Å². The molecule has 0 saturated heterocycles. The average molecular weight is 203 g/mol. The van der Waals surface area contributed by atoms with Crippen LogP contribution < -0.4 is 5.73 Å². The number of thiol groups is 1. The van der Waals surface area contributed by atoms with Gasteiger partial charge in [-0.3, -0.25) is 0 Å². The van der Waals surface area contributed by atoms with Gasteiger partial charge in [0.05, 0.1) is 5.69 Å². The molecule has 1 aromatic rings. The van der Waals surface area contributed by atoms with Gasteiger partial charge in [0.15, 0.2) is 0 Å². The maximum atomic E-state index is 5.48. The van der Waals surface area contributed by atoms with Crippen molar-refractivity contribution in [2.45, 2.75) is 0 Å². The van der Waals surface area contributed by atoms with E-state index in [4.69, 9.17) is 5.73 Å². The highest BCUT2D eigenvalue weighted by atomic mass is 35.5. The Morgan fingerprint density at radius 2 is 1.92 bits per heavy atom. The zero-order valence-corrected chi connectivity index (χ0v) is 8.18. The molecule has 0 aliphatic carbocycles. The van der Waals surface area contributed by atoms with Crippen LogP contribution in [-0.4, -0.2) is 11.6 Å². The van der Waals surface area contributed by atoms with E-state index in [0.717, 1.165) is 5.69 Å². The fourth-order valence-corrected chi connectivity index (χ4v) is 0.774. The number of nitrogens with zero attached hydrogens (tertiary/aromatic N) is 1. The molecule has 0 atom stereocenters. The second-order valence-corrected chi connectivity index (χ2v) is 2.41. The quantitative estimate of drug-likeness (QED) is 0.430. The molecule has 0 saturated carbocycles. The van der Waals surface area contributed by atoms with Crippen LogP contribution in [0.2, 0.25) is 0 Å². The summed E-state index contributed by atoms with van der Waals surface area (Å²) in [5.74, 6) is 1.04. The highest BCUT2D eigenvalue weighted by Crippen LogP contribution is 2.08. The number of aliphatic imine (C=N–C) groups is 1. The largest absolute Gasteiger partial charge is 0.386 e. The van der Waals surface area contributed by atoms with E-state index in [0.29, 0.717) is 11.6 Å². The predicted molar refractivity (Wildman–Crippen MR) is 58.8 cm³/mol. The summed E-state index contributed by atoms with van der Waals surface area (Å²) in [6.07, 6.45) is 0. The van der Waals surface area contributed by atoms with Crippen LogP contribution in [0.1, 0.15) is 0 Å². The lowest BCUT2D eigenvalue weighted by molar-refractivity contribution is 1.46. The number of amidine groups is 1. The van der Waals surface area contributed by atoms with Gasteiger partial charge in [0, 0.05) is 5.75 Å². The summed E-state index contributed by atoms with van der Waals surface area (Å²) in [6, 6.07) is 9.58. The minimum absolute atomic E-state index is 0. The van der Waals surface area contributed by atoms with E-state index in [2.05, 4.69) is 17.6 Å². The molecule has 1 rings (SSSR count). The third-order valence-electron chi connectivity index (χ3n) is 1.19. The lowest BCUT2D eigenvalue weighted by Gasteiger charge is -1.94. The molecule has 0 aliphatic rings. The van der Waals surface area contributed by atoms with Crippen molar-refractivity contribution >= 4 is 36.6 Å². The molecule has 2 N–H and O–H groups in total. The molecule has 0 unspecified atom stereocenters. The summed E-state index contributed by atoms with van der Waals surface area (Å²) in [4.78, 5) is 4.10. The minimum Gasteiger partial charge on any atom is -0.386 e. The number of hydrogen-bond donors (Lipinski definition) is 2. The van der Waals surface area contributed by atoms with Crippen LogP contribution in [0.25, 0.3) is 0 Å². The second-order valence-electron chi connectivity index (χ2n) is 2.10. The molecule has 4 heteroatoms. The Hall–Kier alpha value is -0.670. The van der Waals surface area contributed by atoms with Gasteiger partial charge < -0.3 is 5.73 Å². The van der Waals surface area contributed by atoms with Crippen LogP contribution in [0.15, 0.2) is 35.3 Å².